The maximum atomic E-state index is 11.9. The van der Waals surface area contributed by atoms with E-state index in [4.69, 9.17) is 5.41 Å². The normalized spacial score (nSPS) is 23.4. The minimum Gasteiger partial charge on any atom is -0.310 e. The van der Waals surface area contributed by atoms with E-state index in [1.165, 1.54) is 12.8 Å². The fourth-order valence-corrected chi connectivity index (χ4v) is 2.38. The summed E-state index contributed by atoms with van der Waals surface area (Å²) in [6, 6.07) is 1.48. The van der Waals surface area contributed by atoms with E-state index in [1.807, 2.05) is 13.0 Å². The number of carbonyl (C=O) groups excluding carboxylic acids is 1. The molecule has 1 saturated heterocycles. The lowest BCUT2D eigenvalue weighted by Crippen LogP contribution is -2.32. The fourth-order valence-electron chi connectivity index (χ4n) is 2.38. The topological polar surface area (TPSA) is 69.1 Å². The summed E-state index contributed by atoms with van der Waals surface area (Å²) in [7, 11) is 0. The maximum absolute atomic E-state index is 11.9. The number of urea groups is 1. The molecule has 1 saturated carbocycles. The molecule has 94 valence electrons. The minimum absolute atomic E-state index is 0.153. The molecule has 2 fully saturated rings. The number of hydrogen-bond donors (Lipinski definition) is 2. The Hall–Kier alpha value is -1.91. The van der Waals surface area contributed by atoms with Gasteiger partial charge in [-0.2, -0.15) is 0 Å². The highest BCUT2D eigenvalue weighted by Gasteiger charge is 2.40. The van der Waals surface area contributed by atoms with Crippen LogP contribution in [0.15, 0.2) is 18.5 Å². The van der Waals surface area contributed by atoms with Gasteiger partial charge in [-0.15, -0.1) is 0 Å². The molecule has 2 amide bonds. The monoisotopic (exact) mass is 244 g/mol. The number of rotatable bonds is 3. The van der Waals surface area contributed by atoms with Gasteiger partial charge in [0.1, 0.15) is 11.9 Å². The lowest BCUT2D eigenvalue weighted by molar-refractivity contribution is 0.203. The number of amidine groups is 1. The predicted molar refractivity (Wildman–Crippen MR) is 67.4 cm³/mol. The van der Waals surface area contributed by atoms with Crippen molar-refractivity contribution in [1.82, 2.24) is 15.2 Å². The molecule has 0 aromatic carbocycles. The van der Waals surface area contributed by atoms with Gasteiger partial charge < -0.3 is 4.90 Å². The average Bonchev–Trinajstić information content (AvgIpc) is 3.09. The molecular weight excluding hydrogens is 228 g/mol. The number of hydrogen-bond acceptors (Lipinski definition) is 3. The van der Waals surface area contributed by atoms with Crippen molar-refractivity contribution in [3.05, 3.63) is 29.6 Å². The van der Waals surface area contributed by atoms with Crippen LogP contribution < -0.4 is 5.32 Å². The lowest BCUT2D eigenvalue weighted by atomic mass is 10.0. The standard InChI is InChI=1S/C13H16N4O/c1-8-4-5-15-6-10(8)11-12(14)16-13(18)17(11)7-9-2-3-9/h4-6,9,11H,2-3,7H2,1H3,(H2,14,16,18). The summed E-state index contributed by atoms with van der Waals surface area (Å²) in [5.41, 5.74) is 2.01. The third kappa shape index (κ3) is 1.85. The van der Waals surface area contributed by atoms with Gasteiger partial charge in [-0.25, -0.2) is 4.79 Å². The number of pyridine rings is 1. The van der Waals surface area contributed by atoms with Crippen molar-refractivity contribution < 1.29 is 4.79 Å². The molecule has 2 N–H and O–H groups in total. The Morgan fingerprint density at radius 1 is 1.56 bits per heavy atom. The molecule has 1 aromatic rings. The Kier molecular flexibility index (Phi) is 2.54. The number of aromatic nitrogens is 1. The number of nitrogens with one attached hydrogen (secondary N) is 2. The molecule has 1 aliphatic heterocycles. The van der Waals surface area contributed by atoms with E-state index in [0.717, 1.165) is 17.7 Å². The molecule has 2 heterocycles. The van der Waals surface area contributed by atoms with Crippen molar-refractivity contribution in [2.45, 2.75) is 25.8 Å². The van der Waals surface area contributed by atoms with E-state index in [1.54, 1.807) is 17.3 Å². The van der Waals surface area contributed by atoms with Gasteiger partial charge in [0.15, 0.2) is 0 Å². The first-order valence-corrected chi connectivity index (χ1v) is 6.23. The molecule has 1 unspecified atom stereocenters. The maximum Gasteiger partial charge on any atom is 0.323 e. The van der Waals surface area contributed by atoms with E-state index in [-0.39, 0.29) is 17.9 Å². The Balaban J connectivity index is 1.94. The molecule has 0 bridgehead atoms. The average molecular weight is 244 g/mol. The van der Waals surface area contributed by atoms with Crippen LogP contribution >= 0.6 is 0 Å². The largest absolute Gasteiger partial charge is 0.323 e. The zero-order valence-corrected chi connectivity index (χ0v) is 10.3. The molecule has 2 aliphatic rings. The summed E-state index contributed by atoms with van der Waals surface area (Å²) in [4.78, 5) is 17.8. The predicted octanol–water partition coefficient (Wildman–Crippen LogP) is 1.84. The van der Waals surface area contributed by atoms with Crippen LogP contribution in [0.3, 0.4) is 0 Å². The van der Waals surface area contributed by atoms with Gasteiger partial charge in [0.2, 0.25) is 0 Å². The first-order chi connectivity index (χ1) is 8.66. The van der Waals surface area contributed by atoms with Crippen LogP contribution in [0.2, 0.25) is 0 Å². The van der Waals surface area contributed by atoms with E-state index in [9.17, 15) is 4.79 Å². The highest BCUT2D eigenvalue weighted by Crippen LogP contribution is 2.35. The summed E-state index contributed by atoms with van der Waals surface area (Å²) >= 11 is 0. The zero-order chi connectivity index (χ0) is 12.7. The molecule has 0 radical (unpaired) electrons. The third-order valence-electron chi connectivity index (χ3n) is 3.61. The SMILES string of the molecule is Cc1ccncc1C1C(=N)NC(=O)N1CC1CC1. The number of carbonyl (C=O) groups is 1. The number of aryl methyl sites for hydroxylation is 1. The second-order valence-corrected chi connectivity index (χ2v) is 5.07. The molecule has 5 heteroatoms. The lowest BCUT2D eigenvalue weighted by Gasteiger charge is -2.23. The van der Waals surface area contributed by atoms with E-state index in [0.29, 0.717) is 5.92 Å². The van der Waals surface area contributed by atoms with Crippen LogP contribution in [0, 0.1) is 18.3 Å². The van der Waals surface area contributed by atoms with Gasteiger partial charge in [0, 0.05) is 24.5 Å². The first kappa shape index (κ1) is 11.2. The van der Waals surface area contributed by atoms with Crippen LogP contribution in [0.5, 0.6) is 0 Å². The van der Waals surface area contributed by atoms with E-state index in [2.05, 4.69) is 10.3 Å². The van der Waals surface area contributed by atoms with E-state index >= 15 is 0 Å². The Bertz CT molecular complexity index is 509. The van der Waals surface area contributed by atoms with Crippen molar-refractivity contribution in [2.24, 2.45) is 5.92 Å². The molecule has 18 heavy (non-hydrogen) atoms. The molecule has 1 atom stereocenters. The molecule has 5 nitrogen and oxygen atoms in total. The van der Waals surface area contributed by atoms with Gasteiger partial charge in [0.25, 0.3) is 0 Å². The third-order valence-corrected chi connectivity index (χ3v) is 3.61. The summed E-state index contributed by atoms with van der Waals surface area (Å²) in [5, 5.41) is 10.6. The summed E-state index contributed by atoms with van der Waals surface area (Å²) in [6.07, 6.45) is 5.87. The van der Waals surface area contributed by atoms with Crippen LogP contribution in [0.25, 0.3) is 0 Å². The second-order valence-electron chi connectivity index (χ2n) is 5.07. The van der Waals surface area contributed by atoms with Crippen molar-refractivity contribution in [1.29, 1.82) is 5.41 Å². The first-order valence-electron chi connectivity index (χ1n) is 6.23. The van der Waals surface area contributed by atoms with Gasteiger partial charge in [0.05, 0.1) is 0 Å². The quantitative estimate of drug-likeness (QED) is 0.851. The smallest absolute Gasteiger partial charge is 0.310 e. The van der Waals surface area contributed by atoms with Crippen LogP contribution in [0.1, 0.15) is 30.0 Å². The Morgan fingerprint density at radius 2 is 2.33 bits per heavy atom. The van der Waals surface area contributed by atoms with E-state index < -0.39 is 0 Å². The highest BCUT2D eigenvalue weighted by atomic mass is 16.2. The molecule has 1 aromatic heterocycles. The molecule has 3 rings (SSSR count). The Morgan fingerprint density at radius 3 is 3.00 bits per heavy atom. The van der Waals surface area contributed by atoms with Crippen LogP contribution in [0.4, 0.5) is 4.79 Å². The Labute approximate surface area is 106 Å². The van der Waals surface area contributed by atoms with Crippen molar-refractivity contribution in [2.75, 3.05) is 6.54 Å². The molecule has 1 aliphatic carbocycles. The molecule has 0 spiro atoms. The van der Waals surface area contributed by atoms with Crippen molar-refractivity contribution >= 4 is 11.9 Å². The second kappa shape index (κ2) is 4.08. The molecular formula is C13H16N4O. The van der Waals surface area contributed by atoms with Gasteiger partial charge in [-0.05, 0) is 37.3 Å². The van der Waals surface area contributed by atoms with Gasteiger partial charge >= 0.3 is 6.03 Å². The van der Waals surface area contributed by atoms with Crippen molar-refractivity contribution in [3.8, 4) is 0 Å². The van der Waals surface area contributed by atoms with Crippen LogP contribution in [-0.2, 0) is 0 Å². The number of nitrogens with zero attached hydrogens (tertiary/aromatic N) is 2. The highest BCUT2D eigenvalue weighted by molar-refractivity contribution is 6.06. The fraction of sp³-hybridized carbons (Fsp3) is 0.462. The zero-order valence-electron chi connectivity index (χ0n) is 10.3. The summed E-state index contributed by atoms with van der Waals surface area (Å²) < 4.78 is 0. The number of amides is 2. The summed E-state index contributed by atoms with van der Waals surface area (Å²) in [5.74, 6) is 0.873. The van der Waals surface area contributed by atoms with Crippen molar-refractivity contribution in [3.63, 3.8) is 0 Å². The summed E-state index contributed by atoms with van der Waals surface area (Å²) in [6.45, 7) is 2.73. The van der Waals surface area contributed by atoms with Gasteiger partial charge in [-0.1, -0.05) is 0 Å². The van der Waals surface area contributed by atoms with Gasteiger partial charge in [-0.3, -0.25) is 15.7 Å². The minimum atomic E-state index is -0.285. The van der Waals surface area contributed by atoms with Crippen LogP contribution in [-0.4, -0.2) is 28.3 Å².